The lowest BCUT2D eigenvalue weighted by Gasteiger charge is -2.17. The lowest BCUT2D eigenvalue weighted by atomic mass is 10.1. The van der Waals surface area contributed by atoms with Crippen LogP contribution in [0.15, 0.2) is 64.0 Å². The number of carbonyl (C=O) groups excluding carboxylic acids is 1. The van der Waals surface area contributed by atoms with Crippen molar-refractivity contribution < 1.29 is 18.7 Å². The fourth-order valence-electron chi connectivity index (χ4n) is 2.63. The number of hydrogen-bond acceptors (Lipinski definition) is 5. The highest BCUT2D eigenvalue weighted by Gasteiger charge is 2.19. The molecule has 27 heavy (non-hydrogen) atoms. The summed E-state index contributed by atoms with van der Waals surface area (Å²) in [5, 5.41) is 0.457. The summed E-state index contributed by atoms with van der Waals surface area (Å²) in [7, 11) is 0. The topological polar surface area (TPSA) is 65.7 Å². The first-order valence-corrected chi connectivity index (χ1v) is 8.97. The molecule has 0 saturated carbocycles. The lowest BCUT2D eigenvalue weighted by molar-refractivity contribution is -0.155. The van der Waals surface area contributed by atoms with E-state index in [0.717, 1.165) is 12.0 Å². The van der Waals surface area contributed by atoms with Crippen LogP contribution in [0.25, 0.3) is 22.1 Å². The zero-order valence-corrected chi connectivity index (χ0v) is 15.6. The lowest BCUT2D eigenvalue weighted by Crippen LogP contribution is -2.29. The van der Waals surface area contributed by atoms with E-state index in [2.05, 4.69) is 0 Å². The maximum atomic E-state index is 12.8. The van der Waals surface area contributed by atoms with Gasteiger partial charge in [0.1, 0.15) is 17.6 Å². The molecule has 0 N–H and O–H groups in total. The molecular weight excluding hydrogens is 344 g/mol. The Kier molecular flexibility index (Phi) is 5.60. The summed E-state index contributed by atoms with van der Waals surface area (Å²) in [6.45, 7) is 5.40. The second-order valence-electron chi connectivity index (χ2n) is 6.42. The average molecular weight is 366 g/mol. The number of ether oxygens (including phenoxy) is 2. The van der Waals surface area contributed by atoms with Gasteiger partial charge in [-0.3, -0.25) is 4.79 Å². The van der Waals surface area contributed by atoms with Crippen LogP contribution >= 0.6 is 0 Å². The van der Waals surface area contributed by atoms with Gasteiger partial charge in [0.15, 0.2) is 11.5 Å². The van der Waals surface area contributed by atoms with E-state index in [9.17, 15) is 9.59 Å². The van der Waals surface area contributed by atoms with Gasteiger partial charge in [0.25, 0.3) is 0 Å². The Morgan fingerprint density at radius 1 is 1.11 bits per heavy atom. The first-order chi connectivity index (χ1) is 13.0. The third-order valence-electron chi connectivity index (χ3n) is 4.37. The molecule has 3 aromatic rings. The van der Waals surface area contributed by atoms with Gasteiger partial charge < -0.3 is 13.9 Å². The van der Waals surface area contributed by atoms with Crippen molar-refractivity contribution in [1.82, 2.24) is 0 Å². The van der Waals surface area contributed by atoms with Crippen LogP contribution in [0.5, 0.6) is 5.75 Å². The Bertz CT molecular complexity index is 991. The SMILES string of the molecule is CC[C@H](C)OC(=O)[C@H](C)Oc1ccc2c(=O)c(-c3ccccc3)coc2c1. The highest BCUT2D eigenvalue weighted by molar-refractivity contribution is 5.82. The molecule has 0 spiro atoms. The molecule has 2 aromatic carbocycles. The van der Waals surface area contributed by atoms with Gasteiger partial charge in [0, 0.05) is 6.07 Å². The monoisotopic (exact) mass is 366 g/mol. The Balaban J connectivity index is 1.84. The molecule has 0 bridgehead atoms. The summed E-state index contributed by atoms with van der Waals surface area (Å²) in [6, 6.07) is 14.3. The van der Waals surface area contributed by atoms with Gasteiger partial charge in [-0.05, 0) is 38.0 Å². The van der Waals surface area contributed by atoms with Crippen LogP contribution in [0, 0.1) is 0 Å². The minimum absolute atomic E-state index is 0.113. The second-order valence-corrected chi connectivity index (χ2v) is 6.42. The van der Waals surface area contributed by atoms with Crippen LogP contribution in [-0.4, -0.2) is 18.2 Å². The third kappa shape index (κ3) is 4.19. The fourth-order valence-corrected chi connectivity index (χ4v) is 2.63. The van der Waals surface area contributed by atoms with Crippen LogP contribution in [0.2, 0.25) is 0 Å². The smallest absolute Gasteiger partial charge is 0.347 e. The first kappa shape index (κ1) is 18.7. The molecule has 0 aliphatic rings. The summed E-state index contributed by atoms with van der Waals surface area (Å²) < 4.78 is 16.6. The van der Waals surface area contributed by atoms with E-state index in [0.29, 0.717) is 22.3 Å². The van der Waals surface area contributed by atoms with E-state index in [1.165, 1.54) is 6.26 Å². The predicted molar refractivity (Wildman–Crippen MR) is 104 cm³/mol. The molecule has 3 rings (SSSR count). The van der Waals surface area contributed by atoms with Crippen molar-refractivity contribution in [3.63, 3.8) is 0 Å². The van der Waals surface area contributed by atoms with Crippen molar-refractivity contribution in [3.05, 3.63) is 65.0 Å². The molecule has 1 aromatic heterocycles. The first-order valence-electron chi connectivity index (χ1n) is 8.97. The predicted octanol–water partition coefficient (Wildman–Crippen LogP) is 4.57. The summed E-state index contributed by atoms with van der Waals surface area (Å²) in [6.07, 6.45) is 1.27. The minimum Gasteiger partial charge on any atom is -0.479 e. The molecule has 0 aliphatic carbocycles. The molecule has 140 valence electrons. The van der Waals surface area contributed by atoms with Crippen molar-refractivity contribution >= 4 is 16.9 Å². The summed E-state index contributed by atoms with van der Waals surface area (Å²) >= 11 is 0. The van der Waals surface area contributed by atoms with Crippen LogP contribution in [0.3, 0.4) is 0 Å². The minimum atomic E-state index is -0.758. The van der Waals surface area contributed by atoms with Gasteiger partial charge in [0.2, 0.25) is 0 Å². The molecule has 0 aliphatic heterocycles. The molecule has 5 heteroatoms. The molecule has 0 amide bonds. The van der Waals surface area contributed by atoms with E-state index < -0.39 is 12.1 Å². The van der Waals surface area contributed by atoms with Crippen molar-refractivity contribution in [2.45, 2.75) is 39.4 Å². The van der Waals surface area contributed by atoms with Crippen molar-refractivity contribution in [1.29, 1.82) is 0 Å². The average Bonchev–Trinajstić information content (AvgIpc) is 2.68. The van der Waals surface area contributed by atoms with Crippen LogP contribution in [-0.2, 0) is 9.53 Å². The van der Waals surface area contributed by atoms with Gasteiger partial charge in [0.05, 0.1) is 17.1 Å². The Morgan fingerprint density at radius 2 is 1.85 bits per heavy atom. The number of carbonyl (C=O) groups is 1. The molecule has 0 unspecified atom stereocenters. The van der Waals surface area contributed by atoms with Crippen LogP contribution in [0.1, 0.15) is 27.2 Å². The highest BCUT2D eigenvalue weighted by Crippen LogP contribution is 2.23. The van der Waals surface area contributed by atoms with Crippen molar-refractivity contribution in [2.24, 2.45) is 0 Å². The van der Waals surface area contributed by atoms with Gasteiger partial charge in [-0.2, -0.15) is 0 Å². The zero-order chi connectivity index (χ0) is 19.4. The molecule has 2 atom stereocenters. The van der Waals surface area contributed by atoms with Gasteiger partial charge in [-0.15, -0.1) is 0 Å². The van der Waals surface area contributed by atoms with Crippen LogP contribution in [0.4, 0.5) is 0 Å². The van der Waals surface area contributed by atoms with Gasteiger partial charge >= 0.3 is 5.97 Å². The Hall–Kier alpha value is -3.08. The number of fused-ring (bicyclic) bond motifs is 1. The van der Waals surface area contributed by atoms with Crippen molar-refractivity contribution in [2.75, 3.05) is 0 Å². The maximum absolute atomic E-state index is 12.8. The highest BCUT2D eigenvalue weighted by atomic mass is 16.6. The van der Waals surface area contributed by atoms with Gasteiger partial charge in [-0.25, -0.2) is 4.79 Å². The number of hydrogen-bond donors (Lipinski definition) is 0. The molecule has 0 radical (unpaired) electrons. The Labute approximate surface area is 157 Å². The van der Waals surface area contributed by atoms with Gasteiger partial charge in [-0.1, -0.05) is 37.3 Å². The maximum Gasteiger partial charge on any atom is 0.347 e. The van der Waals surface area contributed by atoms with E-state index in [1.807, 2.05) is 44.2 Å². The molecule has 5 nitrogen and oxygen atoms in total. The standard InChI is InChI=1S/C22H22O5/c1-4-14(2)26-22(24)15(3)27-17-10-11-18-20(12-17)25-13-19(21(18)23)16-8-6-5-7-9-16/h5-15H,4H2,1-3H3/t14-,15-/m0/s1. The van der Waals surface area contributed by atoms with Crippen LogP contribution < -0.4 is 10.2 Å². The van der Waals surface area contributed by atoms with E-state index in [1.54, 1.807) is 25.1 Å². The number of benzene rings is 2. The summed E-state index contributed by atoms with van der Waals surface area (Å²) in [5.41, 5.74) is 1.59. The summed E-state index contributed by atoms with van der Waals surface area (Å²) in [4.78, 5) is 24.8. The zero-order valence-electron chi connectivity index (χ0n) is 15.6. The molecule has 1 heterocycles. The van der Waals surface area contributed by atoms with Crippen molar-refractivity contribution in [3.8, 4) is 16.9 Å². The summed E-state index contributed by atoms with van der Waals surface area (Å²) in [5.74, 6) is 0.0111. The van der Waals surface area contributed by atoms with E-state index >= 15 is 0 Å². The molecular formula is C22H22O5. The number of esters is 1. The van der Waals surface area contributed by atoms with E-state index in [-0.39, 0.29) is 11.5 Å². The molecule has 0 fully saturated rings. The number of rotatable bonds is 6. The fraction of sp³-hybridized carbons (Fsp3) is 0.273. The molecule has 0 saturated heterocycles. The normalized spacial score (nSPS) is 13.1. The van der Waals surface area contributed by atoms with E-state index in [4.69, 9.17) is 13.9 Å². The quantitative estimate of drug-likeness (QED) is 0.598. The second kappa shape index (κ2) is 8.08. The largest absolute Gasteiger partial charge is 0.479 e. The Morgan fingerprint density at radius 3 is 2.56 bits per heavy atom. The third-order valence-corrected chi connectivity index (χ3v) is 4.37.